The summed E-state index contributed by atoms with van der Waals surface area (Å²) in [5.41, 5.74) is 6.00. The number of hydrogen-bond donors (Lipinski definition) is 1. The highest BCUT2D eigenvalue weighted by atomic mass is 16.5. The van der Waals surface area contributed by atoms with Crippen LogP contribution in [0.1, 0.15) is 78.1 Å². The standard InChI is InChI=1S/C16H33NO/c1-3-5-6-7-13-18-16(14-17)11-9-15(8-4-2)10-12-16/h15H,3-14,17H2,1-2H3. The summed E-state index contributed by atoms with van der Waals surface area (Å²) in [5.74, 6) is 0.929. The molecule has 2 nitrogen and oxygen atoms in total. The van der Waals surface area contributed by atoms with Crippen LogP contribution in [0.15, 0.2) is 0 Å². The molecule has 2 N–H and O–H groups in total. The van der Waals surface area contributed by atoms with Gasteiger partial charge in [-0.25, -0.2) is 0 Å². The molecular formula is C16H33NO. The van der Waals surface area contributed by atoms with Crippen LogP contribution in [-0.4, -0.2) is 18.8 Å². The minimum Gasteiger partial charge on any atom is -0.374 e. The summed E-state index contributed by atoms with van der Waals surface area (Å²) in [4.78, 5) is 0. The number of hydrogen-bond acceptors (Lipinski definition) is 2. The van der Waals surface area contributed by atoms with Gasteiger partial charge < -0.3 is 10.5 Å². The Labute approximate surface area is 114 Å². The van der Waals surface area contributed by atoms with Gasteiger partial charge >= 0.3 is 0 Å². The summed E-state index contributed by atoms with van der Waals surface area (Å²) < 4.78 is 6.17. The fourth-order valence-corrected chi connectivity index (χ4v) is 3.13. The molecular weight excluding hydrogens is 222 g/mol. The van der Waals surface area contributed by atoms with Gasteiger partial charge in [0, 0.05) is 13.2 Å². The van der Waals surface area contributed by atoms with Crippen molar-refractivity contribution < 1.29 is 4.74 Å². The molecule has 18 heavy (non-hydrogen) atoms. The van der Waals surface area contributed by atoms with Gasteiger partial charge in [0.15, 0.2) is 0 Å². The van der Waals surface area contributed by atoms with Crippen molar-refractivity contribution in [1.29, 1.82) is 0 Å². The lowest BCUT2D eigenvalue weighted by molar-refractivity contribution is -0.0729. The predicted octanol–water partition coefficient (Wildman–Crippen LogP) is 4.27. The van der Waals surface area contributed by atoms with Crippen LogP contribution in [0.5, 0.6) is 0 Å². The molecule has 0 heterocycles. The van der Waals surface area contributed by atoms with E-state index in [1.165, 1.54) is 64.2 Å². The molecule has 0 amide bonds. The maximum atomic E-state index is 6.17. The van der Waals surface area contributed by atoms with E-state index in [4.69, 9.17) is 10.5 Å². The molecule has 0 aromatic rings. The maximum Gasteiger partial charge on any atom is 0.0804 e. The molecule has 0 unspecified atom stereocenters. The lowest BCUT2D eigenvalue weighted by Crippen LogP contribution is -2.44. The third-order valence-electron chi connectivity index (χ3n) is 4.49. The highest BCUT2D eigenvalue weighted by Gasteiger charge is 2.34. The molecule has 0 spiro atoms. The van der Waals surface area contributed by atoms with Gasteiger partial charge in [-0.05, 0) is 38.0 Å². The molecule has 2 heteroatoms. The number of nitrogens with two attached hydrogens (primary N) is 1. The van der Waals surface area contributed by atoms with Crippen LogP contribution in [0.4, 0.5) is 0 Å². The first-order valence-corrected chi connectivity index (χ1v) is 8.10. The highest BCUT2D eigenvalue weighted by Crippen LogP contribution is 2.36. The van der Waals surface area contributed by atoms with Crippen molar-refractivity contribution in [2.75, 3.05) is 13.2 Å². The van der Waals surface area contributed by atoms with E-state index < -0.39 is 0 Å². The van der Waals surface area contributed by atoms with Gasteiger partial charge in [0.25, 0.3) is 0 Å². The zero-order valence-electron chi connectivity index (χ0n) is 12.5. The molecule has 0 bridgehead atoms. The molecule has 0 radical (unpaired) electrons. The third kappa shape index (κ3) is 5.27. The van der Waals surface area contributed by atoms with E-state index in [1.54, 1.807) is 0 Å². The van der Waals surface area contributed by atoms with Crippen molar-refractivity contribution in [3.63, 3.8) is 0 Å². The van der Waals surface area contributed by atoms with Gasteiger partial charge in [0.05, 0.1) is 5.60 Å². The fraction of sp³-hybridized carbons (Fsp3) is 1.00. The smallest absolute Gasteiger partial charge is 0.0804 e. The molecule has 0 aromatic heterocycles. The van der Waals surface area contributed by atoms with E-state index in [0.29, 0.717) is 6.54 Å². The van der Waals surface area contributed by atoms with E-state index in [-0.39, 0.29) is 5.60 Å². The van der Waals surface area contributed by atoms with Crippen LogP contribution < -0.4 is 5.73 Å². The quantitative estimate of drug-likeness (QED) is 0.624. The molecule has 1 aliphatic rings. The van der Waals surface area contributed by atoms with Gasteiger partial charge in [-0.3, -0.25) is 0 Å². The molecule has 1 aliphatic carbocycles. The zero-order valence-corrected chi connectivity index (χ0v) is 12.5. The maximum absolute atomic E-state index is 6.17. The molecule has 0 aromatic carbocycles. The lowest BCUT2D eigenvalue weighted by Gasteiger charge is -2.39. The summed E-state index contributed by atoms with van der Waals surface area (Å²) in [7, 11) is 0. The Balaban J connectivity index is 2.23. The van der Waals surface area contributed by atoms with Gasteiger partial charge in [-0.15, -0.1) is 0 Å². The second-order valence-electron chi connectivity index (χ2n) is 6.03. The van der Waals surface area contributed by atoms with Crippen LogP contribution in [0.25, 0.3) is 0 Å². The average Bonchev–Trinajstić information content (AvgIpc) is 2.41. The Kier molecular flexibility index (Phi) is 7.92. The second-order valence-corrected chi connectivity index (χ2v) is 6.03. The SMILES string of the molecule is CCCCCCOC1(CN)CCC(CCC)CC1. The van der Waals surface area contributed by atoms with Crippen molar-refractivity contribution in [3.05, 3.63) is 0 Å². The van der Waals surface area contributed by atoms with Crippen molar-refractivity contribution in [3.8, 4) is 0 Å². The monoisotopic (exact) mass is 255 g/mol. The Morgan fingerprint density at radius 3 is 2.33 bits per heavy atom. The van der Waals surface area contributed by atoms with Crippen LogP contribution in [0.3, 0.4) is 0 Å². The van der Waals surface area contributed by atoms with Crippen molar-refractivity contribution in [2.45, 2.75) is 83.7 Å². The van der Waals surface area contributed by atoms with Crippen LogP contribution in [0.2, 0.25) is 0 Å². The first-order valence-electron chi connectivity index (χ1n) is 8.10. The third-order valence-corrected chi connectivity index (χ3v) is 4.49. The first-order chi connectivity index (χ1) is 8.76. The van der Waals surface area contributed by atoms with Crippen LogP contribution in [-0.2, 0) is 4.74 Å². The summed E-state index contributed by atoms with van der Waals surface area (Å²) in [6.45, 7) is 6.15. The minimum absolute atomic E-state index is 0.0243. The summed E-state index contributed by atoms with van der Waals surface area (Å²) in [5, 5.41) is 0. The van der Waals surface area contributed by atoms with E-state index in [0.717, 1.165) is 12.5 Å². The molecule has 1 saturated carbocycles. The minimum atomic E-state index is 0.0243. The van der Waals surface area contributed by atoms with Crippen LogP contribution >= 0.6 is 0 Å². The van der Waals surface area contributed by atoms with Gasteiger partial charge in [-0.2, -0.15) is 0 Å². The average molecular weight is 255 g/mol. The number of unbranched alkanes of at least 4 members (excludes halogenated alkanes) is 3. The predicted molar refractivity (Wildman–Crippen MR) is 78.7 cm³/mol. The Bertz CT molecular complexity index is 197. The second kappa shape index (κ2) is 8.92. The molecule has 0 saturated heterocycles. The van der Waals surface area contributed by atoms with Gasteiger partial charge in [0.1, 0.15) is 0 Å². The van der Waals surface area contributed by atoms with Gasteiger partial charge in [0.2, 0.25) is 0 Å². The number of ether oxygens (including phenoxy) is 1. The fourth-order valence-electron chi connectivity index (χ4n) is 3.13. The summed E-state index contributed by atoms with van der Waals surface area (Å²) in [6, 6.07) is 0. The molecule has 1 fully saturated rings. The lowest BCUT2D eigenvalue weighted by atomic mass is 9.77. The van der Waals surface area contributed by atoms with E-state index in [9.17, 15) is 0 Å². The van der Waals surface area contributed by atoms with E-state index in [1.807, 2.05) is 0 Å². The first kappa shape index (κ1) is 16.0. The molecule has 108 valence electrons. The van der Waals surface area contributed by atoms with Crippen molar-refractivity contribution >= 4 is 0 Å². The van der Waals surface area contributed by atoms with Gasteiger partial charge in [-0.1, -0.05) is 46.0 Å². The zero-order chi connectivity index (χ0) is 13.3. The molecule has 0 atom stereocenters. The summed E-state index contributed by atoms with van der Waals surface area (Å²) in [6.07, 6.45) is 12.8. The Morgan fingerprint density at radius 2 is 1.78 bits per heavy atom. The Hall–Kier alpha value is -0.0800. The topological polar surface area (TPSA) is 35.2 Å². The van der Waals surface area contributed by atoms with E-state index in [2.05, 4.69) is 13.8 Å². The molecule has 1 rings (SSSR count). The Morgan fingerprint density at radius 1 is 1.06 bits per heavy atom. The summed E-state index contributed by atoms with van der Waals surface area (Å²) >= 11 is 0. The van der Waals surface area contributed by atoms with Crippen LogP contribution in [0, 0.1) is 5.92 Å². The normalized spacial score (nSPS) is 28.5. The van der Waals surface area contributed by atoms with Crippen molar-refractivity contribution in [2.24, 2.45) is 11.7 Å². The largest absolute Gasteiger partial charge is 0.374 e. The highest BCUT2D eigenvalue weighted by molar-refractivity contribution is 4.88. The van der Waals surface area contributed by atoms with E-state index >= 15 is 0 Å². The van der Waals surface area contributed by atoms with Crippen molar-refractivity contribution in [1.82, 2.24) is 0 Å². The molecule has 0 aliphatic heterocycles. The number of rotatable bonds is 9.